The molecule has 0 N–H and O–H groups in total. The van der Waals surface area contributed by atoms with E-state index in [1.165, 1.54) is 49.8 Å². The second-order valence-electron chi connectivity index (χ2n) is 5.49. The number of pyridine rings is 1. The minimum atomic E-state index is 0.958. The lowest BCUT2D eigenvalue weighted by Gasteiger charge is -2.25. The van der Waals surface area contributed by atoms with Gasteiger partial charge in [-0.15, -0.1) is 0 Å². The van der Waals surface area contributed by atoms with Gasteiger partial charge in [-0.1, -0.05) is 38.7 Å². The Morgan fingerprint density at radius 1 is 1.19 bits per heavy atom. The van der Waals surface area contributed by atoms with Crippen molar-refractivity contribution in [3.63, 3.8) is 0 Å². The molecule has 1 nitrogen and oxygen atoms in total. The quantitative estimate of drug-likeness (QED) is 0.741. The largest absolute Gasteiger partial charge is 0.261 e. The second-order valence-corrected chi connectivity index (χ2v) is 5.49. The number of aromatic nitrogens is 1. The Morgan fingerprint density at radius 3 is 2.56 bits per heavy atom. The lowest BCUT2D eigenvalue weighted by atomic mass is 9.81. The molecule has 16 heavy (non-hydrogen) atoms. The Kier molecular flexibility index (Phi) is 3.98. The van der Waals surface area contributed by atoms with Crippen molar-refractivity contribution in [1.82, 2.24) is 4.98 Å². The summed E-state index contributed by atoms with van der Waals surface area (Å²) in [5, 5.41) is 0. The smallest absolute Gasteiger partial charge is 0.0403 e. The van der Waals surface area contributed by atoms with Gasteiger partial charge in [-0.05, 0) is 43.2 Å². The van der Waals surface area contributed by atoms with E-state index in [0.717, 1.165) is 11.8 Å². The highest BCUT2D eigenvalue weighted by atomic mass is 14.7. The molecule has 0 saturated heterocycles. The number of hydrogen-bond acceptors (Lipinski definition) is 1. The third-order valence-corrected chi connectivity index (χ3v) is 3.92. The van der Waals surface area contributed by atoms with Crippen LogP contribution < -0.4 is 0 Å². The summed E-state index contributed by atoms with van der Waals surface area (Å²) in [4.78, 5) is 4.48. The van der Waals surface area contributed by atoms with Crippen LogP contribution in [0.25, 0.3) is 0 Å². The molecule has 1 heterocycles. The molecule has 0 radical (unpaired) electrons. The van der Waals surface area contributed by atoms with Crippen LogP contribution in [0.5, 0.6) is 0 Å². The Bertz CT molecular complexity index is 307. The molecule has 0 aliphatic heterocycles. The van der Waals surface area contributed by atoms with Gasteiger partial charge in [-0.3, -0.25) is 4.98 Å². The van der Waals surface area contributed by atoms with E-state index in [-0.39, 0.29) is 0 Å². The van der Waals surface area contributed by atoms with E-state index in [4.69, 9.17) is 0 Å². The second kappa shape index (κ2) is 5.47. The highest BCUT2D eigenvalue weighted by molar-refractivity contribution is 5.12. The minimum absolute atomic E-state index is 0.958. The van der Waals surface area contributed by atoms with Gasteiger partial charge < -0.3 is 0 Å². The van der Waals surface area contributed by atoms with E-state index in [1.807, 2.05) is 6.20 Å². The summed E-state index contributed by atoms with van der Waals surface area (Å²) in [5.74, 6) is 1.92. The molecular formula is C15H23N. The molecule has 0 spiro atoms. The van der Waals surface area contributed by atoms with Gasteiger partial charge in [0.15, 0.2) is 0 Å². The predicted molar refractivity (Wildman–Crippen MR) is 68.4 cm³/mol. The van der Waals surface area contributed by atoms with Crippen molar-refractivity contribution < 1.29 is 0 Å². The molecule has 0 atom stereocenters. The molecule has 0 aromatic carbocycles. The molecule has 88 valence electrons. The molecule has 1 aromatic heterocycles. The number of aryl methyl sites for hydroxylation is 2. The topological polar surface area (TPSA) is 12.9 Å². The fourth-order valence-electron chi connectivity index (χ4n) is 2.62. The molecule has 1 aliphatic carbocycles. The van der Waals surface area contributed by atoms with Gasteiger partial charge in [0.05, 0.1) is 0 Å². The van der Waals surface area contributed by atoms with Crippen molar-refractivity contribution in [2.45, 2.75) is 52.4 Å². The van der Waals surface area contributed by atoms with Gasteiger partial charge in [0.25, 0.3) is 0 Å². The van der Waals surface area contributed by atoms with Gasteiger partial charge in [0.2, 0.25) is 0 Å². The Balaban J connectivity index is 1.77. The first kappa shape index (κ1) is 11.6. The molecule has 0 amide bonds. The predicted octanol–water partition coefficient (Wildman–Crippen LogP) is 4.15. The van der Waals surface area contributed by atoms with E-state index < -0.39 is 0 Å². The number of rotatable bonds is 3. The fraction of sp³-hybridized carbons (Fsp3) is 0.667. The SMILES string of the molecule is Cc1ccc(CCC2CCC(C)CC2)nc1. The van der Waals surface area contributed by atoms with Crippen LogP contribution in [0.15, 0.2) is 18.3 Å². The molecule has 1 fully saturated rings. The van der Waals surface area contributed by atoms with Crippen molar-refractivity contribution in [3.05, 3.63) is 29.6 Å². The van der Waals surface area contributed by atoms with E-state index >= 15 is 0 Å². The maximum absolute atomic E-state index is 4.48. The lowest BCUT2D eigenvalue weighted by Crippen LogP contribution is -2.13. The van der Waals surface area contributed by atoms with E-state index in [2.05, 4.69) is 31.0 Å². The molecule has 2 rings (SSSR count). The zero-order valence-electron chi connectivity index (χ0n) is 10.6. The van der Waals surface area contributed by atoms with Crippen molar-refractivity contribution in [2.24, 2.45) is 11.8 Å². The summed E-state index contributed by atoms with van der Waals surface area (Å²) < 4.78 is 0. The van der Waals surface area contributed by atoms with Crippen LogP contribution in [-0.4, -0.2) is 4.98 Å². The maximum atomic E-state index is 4.48. The monoisotopic (exact) mass is 217 g/mol. The average Bonchev–Trinajstić information content (AvgIpc) is 2.30. The van der Waals surface area contributed by atoms with Gasteiger partial charge >= 0.3 is 0 Å². The van der Waals surface area contributed by atoms with Crippen LogP contribution in [-0.2, 0) is 6.42 Å². The summed E-state index contributed by atoms with van der Waals surface area (Å²) in [6, 6.07) is 4.35. The average molecular weight is 217 g/mol. The van der Waals surface area contributed by atoms with Crippen molar-refractivity contribution in [2.75, 3.05) is 0 Å². The van der Waals surface area contributed by atoms with Gasteiger partial charge in [0.1, 0.15) is 0 Å². The van der Waals surface area contributed by atoms with Crippen LogP contribution >= 0.6 is 0 Å². The number of hydrogen-bond donors (Lipinski definition) is 0. The van der Waals surface area contributed by atoms with E-state index in [9.17, 15) is 0 Å². The zero-order chi connectivity index (χ0) is 11.4. The highest BCUT2D eigenvalue weighted by Gasteiger charge is 2.17. The first-order chi connectivity index (χ1) is 7.74. The Hall–Kier alpha value is -0.850. The van der Waals surface area contributed by atoms with E-state index in [0.29, 0.717) is 0 Å². The van der Waals surface area contributed by atoms with Crippen molar-refractivity contribution >= 4 is 0 Å². The maximum Gasteiger partial charge on any atom is 0.0403 e. The molecule has 1 saturated carbocycles. The molecular weight excluding hydrogens is 194 g/mol. The summed E-state index contributed by atoms with van der Waals surface area (Å²) in [7, 11) is 0. The first-order valence-electron chi connectivity index (χ1n) is 6.65. The highest BCUT2D eigenvalue weighted by Crippen LogP contribution is 2.30. The molecule has 1 aromatic rings. The Labute approximate surface area is 99.3 Å². The molecule has 0 unspecified atom stereocenters. The summed E-state index contributed by atoms with van der Waals surface area (Å²) >= 11 is 0. The van der Waals surface area contributed by atoms with Crippen LogP contribution in [0, 0.1) is 18.8 Å². The van der Waals surface area contributed by atoms with Gasteiger partial charge in [0, 0.05) is 11.9 Å². The minimum Gasteiger partial charge on any atom is -0.261 e. The standard InChI is InChI=1S/C15H23N/c1-12-3-6-14(7-4-12)8-10-15-9-5-13(2)11-16-15/h5,9,11-12,14H,3-4,6-8,10H2,1-2H3. The Morgan fingerprint density at radius 2 is 1.94 bits per heavy atom. The summed E-state index contributed by atoms with van der Waals surface area (Å²) in [6.45, 7) is 4.48. The zero-order valence-corrected chi connectivity index (χ0v) is 10.6. The molecule has 1 aliphatic rings. The first-order valence-corrected chi connectivity index (χ1v) is 6.65. The third kappa shape index (κ3) is 3.33. The van der Waals surface area contributed by atoms with Gasteiger partial charge in [-0.25, -0.2) is 0 Å². The normalized spacial score (nSPS) is 25.6. The number of nitrogens with zero attached hydrogens (tertiary/aromatic N) is 1. The van der Waals surface area contributed by atoms with Crippen LogP contribution in [0.2, 0.25) is 0 Å². The third-order valence-electron chi connectivity index (χ3n) is 3.92. The summed E-state index contributed by atoms with van der Waals surface area (Å²) in [5.41, 5.74) is 2.53. The van der Waals surface area contributed by atoms with Crippen LogP contribution in [0.4, 0.5) is 0 Å². The summed E-state index contributed by atoms with van der Waals surface area (Å²) in [6.07, 6.45) is 10.2. The van der Waals surface area contributed by atoms with Crippen molar-refractivity contribution in [3.8, 4) is 0 Å². The van der Waals surface area contributed by atoms with Crippen LogP contribution in [0.1, 0.15) is 50.3 Å². The lowest BCUT2D eigenvalue weighted by molar-refractivity contribution is 0.277. The van der Waals surface area contributed by atoms with E-state index in [1.54, 1.807) is 0 Å². The molecule has 0 bridgehead atoms. The van der Waals surface area contributed by atoms with Crippen LogP contribution in [0.3, 0.4) is 0 Å². The fourth-order valence-corrected chi connectivity index (χ4v) is 2.62. The van der Waals surface area contributed by atoms with Gasteiger partial charge in [-0.2, -0.15) is 0 Å². The molecule has 1 heteroatoms. The van der Waals surface area contributed by atoms with Crippen molar-refractivity contribution in [1.29, 1.82) is 0 Å².